The molecule has 1 N–H and O–H groups in total. The Labute approximate surface area is 171 Å². The molecule has 0 radical (unpaired) electrons. The predicted octanol–water partition coefficient (Wildman–Crippen LogP) is 4.42. The second-order valence-electron chi connectivity index (χ2n) is 5.53. The van der Waals surface area contributed by atoms with Gasteiger partial charge < -0.3 is 10.1 Å². The van der Waals surface area contributed by atoms with Gasteiger partial charge >= 0.3 is 0 Å². The monoisotopic (exact) mass is 423 g/mol. The first-order valence-electron chi connectivity index (χ1n) is 8.07. The fraction of sp³-hybridized carbons (Fsp3) is 0.222. The molecule has 0 spiro atoms. The highest BCUT2D eigenvalue weighted by Gasteiger charge is 2.28. The van der Waals surface area contributed by atoms with Crippen molar-refractivity contribution in [1.82, 2.24) is 19.9 Å². The van der Waals surface area contributed by atoms with Gasteiger partial charge in [0.05, 0.1) is 7.11 Å². The minimum atomic E-state index is -1.77. The predicted molar refractivity (Wildman–Crippen MR) is 107 cm³/mol. The van der Waals surface area contributed by atoms with E-state index >= 15 is 0 Å². The first-order chi connectivity index (χ1) is 13.0. The van der Waals surface area contributed by atoms with Gasteiger partial charge in [0.25, 0.3) is 0 Å². The van der Waals surface area contributed by atoms with Crippen molar-refractivity contribution >= 4 is 40.8 Å². The Morgan fingerprint density at radius 1 is 1.04 bits per heavy atom. The molecule has 9 heteroatoms. The molecule has 3 aromatic rings. The number of methoxy groups -OCH3 is 1. The van der Waals surface area contributed by atoms with Gasteiger partial charge in [-0.2, -0.15) is 9.97 Å². The second kappa shape index (κ2) is 8.69. The third kappa shape index (κ3) is 5.42. The van der Waals surface area contributed by atoms with E-state index in [2.05, 4.69) is 25.3 Å². The highest BCUT2D eigenvalue weighted by atomic mass is 35.6. The molecule has 0 saturated heterocycles. The van der Waals surface area contributed by atoms with E-state index in [1.807, 2.05) is 36.4 Å². The van der Waals surface area contributed by atoms with Crippen molar-refractivity contribution in [2.24, 2.45) is 0 Å². The Balaban J connectivity index is 1.86. The summed E-state index contributed by atoms with van der Waals surface area (Å²) < 4.78 is 3.48. The van der Waals surface area contributed by atoms with Crippen molar-refractivity contribution < 1.29 is 4.74 Å². The molecular weight excluding hydrogens is 409 g/mol. The van der Waals surface area contributed by atoms with Crippen molar-refractivity contribution in [3.63, 3.8) is 0 Å². The van der Waals surface area contributed by atoms with Gasteiger partial charge in [-0.1, -0.05) is 53.0 Å². The quantitative estimate of drug-likeness (QED) is 0.590. The number of rotatable bonds is 6. The highest BCUT2D eigenvalue weighted by molar-refractivity contribution is 6.66. The van der Waals surface area contributed by atoms with Crippen LogP contribution < -0.4 is 10.1 Å². The Kier molecular flexibility index (Phi) is 6.31. The van der Waals surface area contributed by atoms with E-state index in [1.165, 1.54) is 0 Å². The SMILES string of the molecule is COc1cccc(-c2nc(NCCc3ccccn3)nc(C(Cl)(Cl)Cl)n2)c1. The molecule has 0 atom stereocenters. The Bertz CT molecular complexity index is 903. The molecule has 0 aliphatic rings. The van der Waals surface area contributed by atoms with E-state index in [0.29, 0.717) is 30.5 Å². The van der Waals surface area contributed by atoms with Crippen LogP contribution in [0.5, 0.6) is 5.75 Å². The van der Waals surface area contributed by atoms with Gasteiger partial charge in [0.2, 0.25) is 9.74 Å². The van der Waals surface area contributed by atoms with Crippen LogP contribution in [0.3, 0.4) is 0 Å². The second-order valence-corrected chi connectivity index (χ2v) is 7.82. The average molecular weight is 425 g/mol. The van der Waals surface area contributed by atoms with E-state index in [1.54, 1.807) is 19.4 Å². The zero-order valence-electron chi connectivity index (χ0n) is 14.4. The van der Waals surface area contributed by atoms with Crippen molar-refractivity contribution in [1.29, 1.82) is 0 Å². The first kappa shape index (κ1) is 19.6. The fourth-order valence-electron chi connectivity index (χ4n) is 2.32. The van der Waals surface area contributed by atoms with Gasteiger partial charge in [0.15, 0.2) is 11.6 Å². The largest absolute Gasteiger partial charge is 0.497 e. The van der Waals surface area contributed by atoms with Gasteiger partial charge in [-0.3, -0.25) is 4.98 Å². The molecule has 0 saturated carbocycles. The normalized spacial score (nSPS) is 11.3. The zero-order chi connectivity index (χ0) is 19.3. The maximum Gasteiger partial charge on any atom is 0.250 e. The lowest BCUT2D eigenvalue weighted by Crippen LogP contribution is -2.15. The van der Waals surface area contributed by atoms with E-state index in [9.17, 15) is 0 Å². The Morgan fingerprint density at radius 3 is 2.59 bits per heavy atom. The number of alkyl halides is 3. The van der Waals surface area contributed by atoms with Crippen LogP contribution in [0.2, 0.25) is 0 Å². The maximum atomic E-state index is 5.99. The summed E-state index contributed by atoms with van der Waals surface area (Å²) >= 11 is 18.0. The number of ether oxygens (including phenoxy) is 1. The number of nitrogens with zero attached hydrogens (tertiary/aromatic N) is 4. The number of aromatic nitrogens is 4. The lowest BCUT2D eigenvalue weighted by Gasteiger charge is -2.13. The number of pyridine rings is 1. The van der Waals surface area contributed by atoms with Crippen LogP contribution >= 0.6 is 34.8 Å². The molecule has 0 aliphatic carbocycles. The van der Waals surface area contributed by atoms with E-state index < -0.39 is 3.79 Å². The Morgan fingerprint density at radius 2 is 1.89 bits per heavy atom. The summed E-state index contributed by atoms with van der Waals surface area (Å²) in [7, 11) is 1.59. The number of halogens is 3. The van der Waals surface area contributed by atoms with Crippen LogP contribution in [-0.4, -0.2) is 33.6 Å². The smallest absolute Gasteiger partial charge is 0.250 e. The summed E-state index contributed by atoms with van der Waals surface area (Å²) in [4.78, 5) is 17.2. The van der Waals surface area contributed by atoms with Gasteiger partial charge in [-0.15, -0.1) is 0 Å². The lowest BCUT2D eigenvalue weighted by atomic mass is 10.2. The minimum Gasteiger partial charge on any atom is -0.497 e. The maximum absolute atomic E-state index is 5.99. The molecule has 140 valence electrons. The molecule has 1 aromatic carbocycles. The topological polar surface area (TPSA) is 72.8 Å². The van der Waals surface area contributed by atoms with Crippen molar-refractivity contribution in [2.45, 2.75) is 10.2 Å². The average Bonchev–Trinajstić information content (AvgIpc) is 2.68. The van der Waals surface area contributed by atoms with Gasteiger partial charge in [-0.25, -0.2) is 4.98 Å². The summed E-state index contributed by atoms with van der Waals surface area (Å²) in [6.07, 6.45) is 2.45. The number of nitrogens with one attached hydrogen (secondary N) is 1. The van der Waals surface area contributed by atoms with Crippen LogP contribution in [0.15, 0.2) is 48.7 Å². The number of hydrogen-bond acceptors (Lipinski definition) is 6. The van der Waals surface area contributed by atoms with Crippen LogP contribution in [-0.2, 0) is 10.2 Å². The Hall–Kier alpha value is -2.15. The van der Waals surface area contributed by atoms with Crippen LogP contribution in [0.4, 0.5) is 5.95 Å². The zero-order valence-corrected chi connectivity index (χ0v) is 16.6. The van der Waals surface area contributed by atoms with Crippen LogP contribution in [0, 0.1) is 0 Å². The van der Waals surface area contributed by atoms with Crippen molar-refractivity contribution in [2.75, 3.05) is 19.0 Å². The van der Waals surface area contributed by atoms with Gasteiger partial charge in [-0.05, 0) is 24.3 Å². The summed E-state index contributed by atoms with van der Waals surface area (Å²) in [5.74, 6) is 1.42. The molecule has 0 fully saturated rings. The third-order valence-corrected chi connectivity index (χ3v) is 4.11. The molecule has 2 heterocycles. The molecule has 27 heavy (non-hydrogen) atoms. The summed E-state index contributed by atoms with van der Waals surface area (Å²) in [5, 5.41) is 3.13. The summed E-state index contributed by atoms with van der Waals surface area (Å²) in [5.41, 5.74) is 1.67. The molecule has 6 nitrogen and oxygen atoms in total. The fourth-order valence-corrected chi connectivity index (χ4v) is 2.57. The summed E-state index contributed by atoms with van der Waals surface area (Å²) in [6, 6.07) is 13.1. The molecule has 0 amide bonds. The third-order valence-electron chi connectivity index (χ3n) is 3.61. The van der Waals surface area contributed by atoms with E-state index in [4.69, 9.17) is 39.5 Å². The van der Waals surface area contributed by atoms with Crippen molar-refractivity contribution in [3.05, 3.63) is 60.2 Å². The van der Waals surface area contributed by atoms with Gasteiger partial charge in [0.1, 0.15) is 5.75 Å². The summed E-state index contributed by atoms with van der Waals surface area (Å²) in [6.45, 7) is 0.567. The number of benzene rings is 1. The lowest BCUT2D eigenvalue weighted by molar-refractivity contribution is 0.415. The number of hydrogen-bond donors (Lipinski definition) is 1. The molecule has 0 unspecified atom stereocenters. The molecular formula is C18H16Cl3N5O. The minimum absolute atomic E-state index is 0.0423. The molecule has 2 aromatic heterocycles. The number of anilines is 1. The molecule has 3 rings (SSSR count). The van der Waals surface area contributed by atoms with Gasteiger partial charge in [0, 0.05) is 30.4 Å². The molecule has 0 bridgehead atoms. The standard InChI is InChI=1S/C18H16Cl3N5O/c1-27-14-7-4-5-12(11-14)15-24-16(18(19,20)21)26-17(25-15)23-10-8-13-6-2-3-9-22-13/h2-7,9,11H,8,10H2,1H3,(H,23,24,25,26). The van der Waals surface area contributed by atoms with Crippen LogP contribution in [0.1, 0.15) is 11.5 Å². The van der Waals surface area contributed by atoms with E-state index in [-0.39, 0.29) is 5.82 Å². The molecule has 0 aliphatic heterocycles. The van der Waals surface area contributed by atoms with Crippen molar-refractivity contribution in [3.8, 4) is 17.1 Å². The van der Waals surface area contributed by atoms with E-state index in [0.717, 1.165) is 11.3 Å². The first-order valence-corrected chi connectivity index (χ1v) is 9.20. The highest BCUT2D eigenvalue weighted by Crippen LogP contribution is 2.37. The van der Waals surface area contributed by atoms with Crippen LogP contribution in [0.25, 0.3) is 11.4 Å².